The Kier molecular flexibility index (Phi) is 4.04. The summed E-state index contributed by atoms with van der Waals surface area (Å²) >= 11 is 3.41. The number of ether oxygens (including phenoxy) is 2. The van der Waals surface area contributed by atoms with Gasteiger partial charge in [0.2, 0.25) is 0 Å². The van der Waals surface area contributed by atoms with Crippen molar-refractivity contribution in [3.63, 3.8) is 0 Å². The minimum atomic E-state index is -0.735. The molecule has 18 heavy (non-hydrogen) atoms. The summed E-state index contributed by atoms with van der Waals surface area (Å²) < 4.78 is 11.5. The highest BCUT2D eigenvalue weighted by Crippen LogP contribution is 2.29. The van der Waals surface area contributed by atoms with E-state index in [-0.39, 0.29) is 18.6 Å². The van der Waals surface area contributed by atoms with Crippen molar-refractivity contribution in [1.82, 2.24) is 0 Å². The van der Waals surface area contributed by atoms with Gasteiger partial charge in [0.05, 0.1) is 13.2 Å². The molecule has 2 N–H and O–H groups in total. The Balaban J connectivity index is 1.99. The highest BCUT2D eigenvalue weighted by atomic mass is 79.9. The summed E-state index contributed by atoms with van der Waals surface area (Å²) in [5, 5.41) is 0. The fourth-order valence-electron chi connectivity index (χ4n) is 1.82. The molecular formula is C13H16BrNO3. The number of hydrogen-bond donors (Lipinski definition) is 1. The second kappa shape index (κ2) is 5.38. The van der Waals surface area contributed by atoms with Crippen molar-refractivity contribution in [1.29, 1.82) is 0 Å². The Morgan fingerprint density at radius 2 is 2.33 bits per heavy atom. The summed E-state index contributed by atoms with van der Waals surface area (Å²) in [6, 6.07) is 7.33. The zero-order chi connectivity index (χ0) is 13.2. The van der Waals surface area contributed by atoms with Crippen LogP contribution < -0.4 is 5.73 Å². The molecule has 0 aromatic heterocycles. The van der Waals surface area contributed by atoms with Gasteiger partial charge in [-0.1, -0.05) is 34.1 Å². The zero-order valence-electron chi connectivity index (χ0n) is 10.2. The van der Waals surface area contributed by atoms with E-state index >= 15 is 0 Å². The van der Waals surface area contributed by atoms with Crippen molar-refractivity contribution in [2.24, 2.45) is 11.1 Å². The smallest absolute Gasteiger partial charge is 0.316 e. The lowest BCUT2D eigenvalue weighted by Gasteiger charge is -2.24. The summed E-state index contributed by atoms with van der Waals surface area (Å²) in [7, 11) is 0. The molecule has 1 saturated heterocycles. The summed E-state index contributed by atoms with van der Waals surface area (Å²) in [6.07, 6.45) is 0. The van der Waals surface area contributed by atoms with Gasteiger partial charge in [-0.15, -0.1) is 0 Å². The predicted octanol–water partition coefficient (Wildman–Crippen LogP) is 1.86. The third-order valence-corrected chi connectivity index (χ3v) is 4.07. The number of nitrogens with two attached hydrogens (primary N) is 1. The monoisotopic (exact) mass is 313 g/mol. The molecule has 0 bridgehead atoms. The molecule has 98 valence electrons. The van der Waals surface area contributed by atoms with E-state index in [9.17, 15) is 4.79 Å². The van der Waals surface area contributed by atoms with Crippen molar-refractivity contribution in [3.05, 3.63) is 34.3 Å². The lowest BCUT2D eigenvalue weighted by Crippen LogP contribution is -2.45. The lowest BCUT2D eigenvalue weighted by molar-refractivity contribution is -0.156. The zero-order valence-corrected chi connectivity index (χ0v) is 11.8. The van der Waals surface area contributed by atoms with E-state index in [1.54, 1.807) is 6.92 Å². The van der Waals surface area contributed by atoms with Crippen LogP contribution in [0.3, 0.4) is 0 Å². The molecule has 4 nitrogen and oxygen atoms in total. The second-order valence-corrected chi connectivity index (χ2v) is 5.56. The van der Waals surface area contributed by atoms with Gasteiger partial charge < -0.3 is 15.2 Å². The quantitative estimate of drug-likeness (QED) is 0.865. The van der Waals surface area contributed by atoms with E-state index in [0.29, 0.717) is 13.2 Å². The average Bonchev–Trinajstić information content (AvgIpc) is 2.69. The van der Waals surface area contributed by atoms with Crippen LogP contribution in [-0.2, 0) is 20.9 Å². The number of benzene rings is 1. The van der Waals surface area contributed by atoms with Gasteiger partial charge in [-0.2, -0.15) is 0 Å². The van der Waals surface area contributed by atoms with E-state index in [2.05, 4.69) is 15.9 Å². The molecule has 0 aliphatic carbocycles. The Morgan fingerprint density at radius 3 is 2.94 bits per heavy atom. The molecule has 2 rings (SSSR count). The summed E-state index contributed by atoms with van der Waals surface area (Å²) in [5.41, 5.74) is 6.08. The van der Waals surface area contributed by atoms with Crippen LogP contribution in [0.1, 0.15) is 12.5 Å². The molecule has 1 fully saturated rings. The minimum absolute atomic E-state index is 0.239. The lowest BCUT2D eigenvalue weighted by atomic mass is 9.86. The van der Waals surface area contributed by atoms with Crippen molar-refractivity contribution in [3.8, 4) is 0 Å². The SMILES string of the molecule is CC1(C(=O)OCc2ccccc2Br)COCC1N. The molecule has 1 aromatic rings. The molecule has 1 aromatic carbocycles. The Labute approximate surface area is 115 Å². The maximum Gasteiger partial charge on any atom is 0.316 e. The van der Waals surface area contributed by atoms with E-state index < -0.39 is 5.41 Å². The highest BCUT2D eigenvalue weighted by Gasteiger charge is 2.45. The van der Waals surface area contributed by atoms with E-state index in [0.717, 1.165) is 10.0 Å². The van der Waals surface area contributed by atoms with Crippen LogP contribution in [0.4, 0.5) is 0 Å². The normalized spacial score (nSPS) is 27.2. The van der Waals surface area contributed by atoms with Gasteiger partial charge >= 0.3 is 5.97 Å². The van der Waals surface area contributed by atoms with Crippen molar-refractivity contribution in [2.45, 2.75) is 19.6 Å². The molecule has 1 heterocycles. The maximum absolute atomic E-state index is 12.1. The Morgan fingerprint density at radius 1 is 1.61 bits per heavy atom. The van der Waals surface area contributed by atoms with Gasteiger partial charge in [0.25, 0.3) is 0 Å². The molecule has 0 spiro atoms. The van der Waals surface area contributed by atoms with Crippen LogP contribution in [0.2, 0.25) is 0 Å². The van der Waals surface area contributed by atoms with Crippen LogP contribution in [0.25, 0.3) is 0 Å². The van der Waals surface area contributed by atoms with Crippen molar-refractivity contribution >= 4 is 21.9 Å². The summed E-state index contributed by atoms with van der Waals surface area (Å²) in [6.45, 7) is 2.75. The van der Waals surface area contributed by atoms with E-state index in [4.69, 9.17) is 15.2 Å². The first-order chi connectivity index (χ1) is 8.54. The topological polar surface area (TPSA) is 61.5 Å². The molecule has 2 atom stereocenters. The maximum atomic E-state index is 12.1. The standard InChI is InChI=1S/C13H16BrNO3/c1-13(8-17-7-11(13)15)12(16)18-6-9-4-2-3-5-10(9)14/h2-5,11H,6-8,15H2,1H3. The van der Waals surface area contributed by atoms with Gasteiger partial charge in [0, 0.05) is 16.1 Å². The second-order valence-electron chi connectivity index (χ2n) is 4.71. The number of carbonyl (C=O) groups excluding carboxylic acids is 1. The Bertz CT molecular complexity index is 452. The van der Waals surface area contributed by atoms with Gasteiger partial charge in [0.15, 0.2) is 0 Å². The third-order valence-electron chi connectivity index (χ3n) is 3.30. The van der Waals surface area contributed by atoms with Crippen molar-refractivity contribution in [2.75, 3.05) is 13.2 Å². The first-order valence-corrected chi connectivity index (χ1v) is 6.57. The Hall–Kier alpha value is -0.910. The van der Waals surface area contributed by atoms with Crippen LogP contribution in [0.15, 0.2) is 28.7 Å². The minimum Gasteiger partial charge on any atom is -0.460 e. The first-order valence-electron chi connectivity index (χ1n) is 5.78. The van der Waals surface area contributed by atoms with Gasteiger partial charge in [-0.25, -0.2) is 0 Å². The van der Waals surface area contributed by atoms with Crippen LogP contribution >= 0.6 is 15.9 Å². The first kappa shape index (κ1) is 13.5. The molecule has 0 radical (unpaired) electrons. The number of halogens is 1. The van der Waals surface area contributed by atoms with Gasteiger partial charge in [-0.05, 0) is 13.0 Å². The van der Waals surface area contributed by atoms with Crippen LogP contribution in [0, 0.1) is 5.41 Å². The fourth-order valence-corrected chi connectivity index (χ4v) is 2.22. The highest BCUT2D eigenvalue weighted by molar-refractivity contribution is 9.10. The molecule has 1 aliphatic heterocycles. The predicted molar refractivity (Wildman–Crippen MR) is 70.8 cm³/mol. The van der Waals surface area contributed by atoms with Crippen molar-refractivity contribution < 1.29 is 14.3 Å². The molecule has 0 saturated carbocycles. The average molecular weight is 314 g/mol. The number of rotatable bonds is 3. The van der Waals surface area contributed by atoms with Gasteiger partial charge in [0.1, 0.15) is 12.0 Å². The molecule has 5 heteroatoms. The molecule has 1 aliphatic rings. The molecule has 2 unspecified atom stereocenters. The largest absolute Gasteiger partial charge is 0.460 e. The summed E-state index contributed by atoms with van der Waals surface area (Å²) in [5.74, 6) is -0.303. The fraction of sp³-hybridized carbons (Fsp3) is 0.462. The van der Waals surface area contributed by atoms with Gasteiger partial charge in [-0.3, -0.25) is 4.79 Å². The number of carbonyl (C=O) groups is 1. The van der Waals surface area contributed by atoms with Crippen LogP contribution in [0.5, 0.6) is 0 Å². The van der Waals surface area contributed by atoms with E-state index in [1.165, 1.54) is 0 Å². The van der Waals surface area contributed by atoms with Crippen LogP contribution in [-0.4, -0.2) is 25.2 Å². The molecule has 0 amide bonds. The summed E-state index contributed by atoms with van der Waals surface area (Å²) in [4.78, 5) is 12.1. The molecular weight excluding hydrogens is 298 g/mol. The van der Waals surface area contributed by atoms with E-state index in [1.807, 2.05) is 24.3 Å². The third kappa shape index (κ3) is 2.58. The number of hydrogen-bond acceptors (Lipinski definition) is 4. The number of esters is 1.